The van der Waals surface area contributed by atoms with Crippen LogP contribution in [0.15, 0.2) is 12.4 Å². The Labute approximate surface area is 83.7 Å². The first-order valence-corrected chi connectivity index (χ1v) is 3.47. The molecule has 15 heavy (non-hydrogen) atoms. The van der Waals surface area contributed by atoms with Crippen molar-refractivity contribution in [1.29, 1.82) is 0 Å². The molecule has 0 radical (unpaired) electrons. The normalized spacial score (nSPS) is 8.27. The molecule has 0 unspecified atom stereocenters. The number of primary amides is 1. The minimum Gasteiger partial charge on any atom is -0.465 e. The van der Waals surface area contributed by atoms with Gasteiger partial charge in [0.15, 0.2) is 0 Å². The summed E-state index contributed by atoms with van der Waals surface area (Å²) in [4.78, 5) is 26.0. The fourth-order valence-corrected chi connectivity index (χ4v) is 0.498. The van der Waals surface area contributed by atoms with Crippen LogP contribution in [0.4, 0.5) is 21.2 Å². The zero-order chi connectivity index (χ0) is 11.8. The number of nitrogens with zero attached hydrogens (tertiary/aromatic N) is 2. The predicted molar refractivity (Wildman–Crippen MR) is 50.3 cm³/mol. The molecule has 0 saturated heterocycles. The van der Waals surface area contributed by atoms with Gasteiger partial charge in [-0.25, -0.2) is 19.6 Å². The molecule has 0 fully saturated rings. The second-order valence-corrected chi connectivity index (χ2v) is 2.11. The first-order valence-electron chi connectivity index (χ1n) is 3.47. The number of nitrogen functional groups attached to an aromatic ring is 1. The van der Waals surface area contributed by atoms with Crippen molar-refractivity contribution >= 4 is 23.8 Å². The maximum Gasteiger partial charge on any atom is 0.411 e. The van der Waals surface area contributed by atoms with E-state index in [0.29, 0.717) is 5.69 Å². The molecule has 0 aliphatic carbocycles. The van der Waals surface area contributed by atoms with E-state index in [9.17, 15) is 4.79 Å². The number of carboxylic acid groups (broad SMARTS) is 2. The Morgan fingerprint density at radius 3 is 2.00 bits per heavy atom. The lowest BCUT2D eigenvalue weighted by atomic mass is 10.6. The van der Waals surface area contributed by atoms with Gasteiger partial charge >= 0.3 is 12.2 Å². The van der Waals surface area contributed by atoms with E-state index >= 15 is 0 Å². The van der Waals surface area contributed by atoms with Crippen LogP contribution in [-0.2, 0) is 0 Å². The maximum absolute atomic E-state index is 10.0. The van der Waals surface area contributed by atoms with Crippen LogP contribution in [-0.4, -0.2) is 32.4 Å². The molecule has 2 amide bonds. The molecule has 7 N–H and O–H groups in total. The standard InChI is InChI=1S/C5H6N4O2.CH3NO2/c6-3-1-7-4(8-2-3)9-5(10)11;2-1(3)4/h1-2H,6H2,(H,10,11)(H,7,8,9);2H2,(H,3,4). The molecule has 0 aliphatic rings. The van der Waals surface area contributed by atoms with E-state index in [4.69, 9.17) is 20.7 Å². The van der Waals surface area contributed by atoms with Gasteiger partial charge in [0.1, 0.15) is 0 Å². The van der Waals surface area contributed by atoms with Gasteiger partial charge < -0.3 is 21.7 Å². The number of anilines is 2. The van der Waals surface area contributed by atoms with Crippen LogP contribution in [0.3, 0.4) is 0 Å². The van der Waals surface area contributed by atoms with E-state index in [-0.39, 0.29) is 5.95 Å². The van der Waals surface area contributed by atoms with Gasteiger partial charge in [0.2, 0.25) is 5.95 Å². The average molecular weight is 215 g/mol. The van der Waals surface area contributed by atoms with E-state index in [1.165, 1.54) is 12.4 Å². The average Bonchev–Trinajstić information content (AvgIpc) is 2.07. The fraction of sp³-hybridized carbons (Fsp3) is 0. The van der Waals surface area contributed by atoms with Crippen molar-refractivity contribution in [3.63, 3.8) is 0 Å². The maximum atomic E-state index is 10.0. The van der Waals surface area contributed by atoms with Crippen LogP contribution in [0.5, 0.6) is 0 Å². The second kappa shape index (κ2) is 5.96. The van der Waals surface area contributed by atoms with E-state index in [1.807, 2.05) is 5.32 Å². The molecule has 0 aromatic carbocycles. The van der Waals surface area contributed by atoms with Crippen molar-refractivity contribution in [3.05, 3.63) is 12.4 Å². The fourth-order valence-electron chi connectivity index (χ4n) is 0.498. The van der Waals surface area contributed by atoms with Gasteiger partial charge in [-0.3, -0.25) is 5.32 Å². The second-order valence-electron chi connectivity index (χ2n) is 2.11. The van der Waals surface area contributed by atoms with Crippen molar-refractivity contribution in [1.82, 2.24) is 9.97 Å². The lowest BCUT2D eigenvalue weighted by Gasteiger charge is -1.96. The first-order chi connectivity index (χ1) is 6.91. The highest BCUT2D eigenvalue weighted by Gasteiger charge is 1.98. The number of rotatable bonds is 1. The summed E-state index contributed by atoms with van der Waals surface area (Å²) in [5.74, 6) is 0.0201. The third-order valence-corrected chi connectivity index (χ3v) is 0.891. The minimum absolute atomic E-state index is 0.0201. The van der Waals surface area contributed by atoms with Crippen LogP contribution in [0.2, 0.25) is 0 Å². The van der Waals surface area contributed by atoms with E-state index in [1.54, 1.807) is 0 Å². The number of nitrogens with two attached hydrogens (primary N) is 2. The third kappa shape index (κ3) is 7.77. The van der Waals surface area contributed by atoms with Gasteiger partial charge in [0.25, 0.3) is 0 Å². The number of nitrogens with one attached hydrogen (secondary N) is 1. The van der Waals surface area contributed by atoms with E-state index in [2.05, 4.69) is 15.7 Å². The van der Waals surface area contributed by atoms with Crippen molar-refractivity contribution in [2.24, 2.45) is 5.73 Å². The van der Waals surface area contributed by atoms with Crippen molar-refractivity contribution in [2.75, 3.05) is 11.1 Å². The highest BCUT2D eigenvalue weighted by molar-refractivity contribution is 5.80. The van der Waals surface area contributed by atoms with Crippen molar-refractivity contribution in [2.45, 2.75) is 0 Å². The Bertz CT molecular complexity index is 334. The topological polar surface area (TPSA) is 164 Å². The molecule has 1 aromatic heterocycles. The van der Waals surface area contributed by atoms with Gasteiger partial charge in [-0.15, -0.1) is 0 Å². The number of carbonyl (C=O) groups is 2. The quantitative estimate of drug-likeness (QED) is 0.431. The summed E-state index contributed by atoms with van der Waals surface area (Å²) in [5.41, 5.74) is 9.67. The lowest BCUT2D eigenvalue weighted by Crippen LogP contribution is -2.10. The van der Waals surface area contributed by atoms with E-state index in [0.717, 1.165) is 0 Å². The molecule has 0 spiro atoms. The van der Waals surface area contributed by atoms with Crippen molar-refractivity contribution in [3.8, 4) is 0 Å². The van der Waals surface area contributed by atoms with Crippen LogP contribution in [0.25, 0.3) is 0 Å². The van der Waals surface area contributed by atoms with Gasteiger partial charge in [0, 0.05) is 0 Å². The number of hydrogen-bond acceptors (Lipinski definition) is 5. The van der Waals surface area contributed by atoms with Gasteiger partial charge in [-0.1, -0.05) is 0 Å². The predicted octanol–water partition coefficient (Wildman–Crippen LogP) is -0.228. The highest BCUT2D eigenvalue weighted by atomic mass is 16.4. The molecule has 0 atom stereocenters. The zero-order valence-corrected chi connectivity index (χ0v) is 7.41. The molecule has 1 heterocycles. The Balaban J connectivity index is 0.000000423. The Morgan fingerprint density at radius 1 is 1.27 bits per heavy atom. The summed E-state index contributed by atoms with van der Waals surface area (Å²) in [7, 11) is 0. The summed E-state index contributed by atoms with van der Waals surface area (Å²) in [5, 5.41) is 17.4. The number of amides is 2. The zero-order valence-electron chi connectivity index (χ0n) is 7.41. The molecule has 82 valence electrons. The molecule has 0 aliphatic heterocycles. The molecular formula is C6H9N5O4. The molecule has 1 rings (SSSR count). The lowest BCUT2D eigenvalue weighted by molar-refractivity contribution is 0.205. The summed E-state index contributed by atoms with van der Waals surface area (Å²) in [6, 6.07) is 0. The monoisotopic (exact) mass is 215 g/mol. The Hall–Kier alpha value is -2.58. The molecule has 0 bridgehead atoms. The number of hydrogen-bond donors (Lipinski definition) is 5. The highest BCUT2D eigenvalue weighted by Crippen LogP contribution is 1.99. The summed E-state index contributed by atoms with van der Waals surface area (Å²) >= 11 is 0. The van der Waals surface area contributed by atoms with Crippen molar-refractivity contribution < 1.29 is 19.8 Å². The van der Waals surface area contributed by atoms with Gasteiger partial charge in [-0.05, 0) is 0 Å². The van der Waals surface area contributed by atoms with Gasteiger partial charge in [0.05, 0.1) is 18.1 Å². The smallest absolute Gasteiger partial charge is 0.411 e. The molecule has 9 nitrogen and oxygen atoms in total. The summed E-state index contributed by atoms with van der Waals surface area (Å²) in [6.45, 7) is 0. The summed E-state index contributed by atoms with van der Waals surface area (Å²) < 4.78 is 0. The minimum atomic E-state index is -1.33. The van der Waals surface area contributed by atoms with Crippen LogP contribution >= 0.6 is 0 Å². The summed E-state index contributed by atoms with van der Waals surface area (Å²) in [6.07, 6.45) is 0.103. The van der Waals surface area contributed by atoms with Gasteiger partial charge in [-0.2, -0.15) is 0 Å². The third-order valence-electron chi connectivity index (χ3n) is 0.891. The van der Waals surface area contributed by atoms with Crippen LogP contribution in [0.1, 0.15) is 0 Å². The Kier molecular flexibility index (Phi) is 4.94. The first kappa shape index (κ1) is 12.4. The molecule has 9 heteroatoms. The molecule has 1 aromatic rings. The number of aromatic nitrogens is 2. The largest absolute Gasteiger partial charge is 0.465 e. The molecule has 0 saturated carbocycles. The Morgan fingerprint density at radius 2 is 1.67 bits per heavy atom. The van der Waals surface area contributed by atoms with Crippen LogP contribution in [0, 0.1) is 0 Å². The van der Waals surface area contributed by atoms with Crippen LogP contribution < -0.4 is 16.8 Å². The van der Waals surface area contributed by atoms with E-state index < -0.39 is 12.2 Å². The molecular weight excluding hydrogens is 206 g/mol. The SMILES string of the molecule is NC(=O)O.Nc1cnc(NC(=O)O)nc1.